The molecule has 2 aromatic rings. The third-order valence-electron chi connectivity index (χ3n) is 6.40. The molecular weight excluding hydrogens is 360 g/mol. The second kappa shape index (κ2) is 9.45. The standard InChI is InChI=1S/C25H31N2O2/c1-29-21-13-9-12-20(18-21)26-25(28)24-16-7-8-17-27(24)23-15-6-5-14-22(23)19-10-3-2-4-11-19/h2-4,7,9-13,18,22-24H,5-6,8,14-17H2,1H3,(H,26,28). The van der Waals surface area contributed by atoms with Crippen molar-refractivity contribution in [3.63, 3.8) is 0 Å². The topological polar surface area (TPSA) is 41.6 Å². The molecule has 0 spiro atoms. The summed E-state index contributed by atoms with van der Waals surface area (Å²) in [6.45, 7) is 0.962. The predicted octanol–water partition coefficient (Wildman–Crippen LogP) is 5.03. The van der Waals surface area contributed by atoms with Crippen LogP contribution < -0.4 is 10.1 Å². The number of piperidine rings is 1. The summed E-state index contributed by atoms with van der Waals surface area (Å²) >= 11 is 0. The molecule has 0 bridgehead atoms. The Labute approximate surface area is 174 Å². The fourth-order valence-electron chi connectivity index (χ4n) is 4.99. The molecule has 1 saturated heterocycles. The minimum atomic E-state index is -0.107. The van der Waals surface area contributed by atoms with Gasteiger partial charge in [-0.3, -0.25) is 9.69 Å². The van der Waals surface area contributed by atoms with Crippen molar-refractivity contribution in [2.45, 2.75) is 56.5 Å². The van der Waals surface area contributed by atoms with E-state index in [0.717, 1.165) is 30.8 Å². The van der Waals surface area contributed by atoms with E-state index in [4.69, 9.17) is 4.74 Å². The summed E-state index contributed by atoms with van der Waals surface area (Å²) in [5.41, 5.74) is 2.21. The molecule has 0 aromatic heterocycles. The average Bonchev–Trinajstić information content (AvgIpc) is 2.80. The number of rotatable bonds is 5. The number of hydrogen-bond acceptors (Lipinski definition) is 3. The summed E-state index contributed by atoms with van der Waals surface area (Å²) in [5, 5.41) is 3.13. The smallest absolute Gasteiger partial charge is 0.241 e. The summed E-state index contributed by atoms with van der Waals surface area (Å²) in [4.78, 5) is 15.7. The summed E-state index contributed by atoms with van der Waals surface area (Å²) < 4.78 is 5.29. The largest absolute Gasteiger partial charge is 0.497 e. The number of amides is 1. The van der Waals surface area contributed by atoms with Gasteiger partial charge in [0, 0.05) is 17.8 Å². The van der Waals surface area contributed by atoms with Gasteiger partial charge in [-0.05, 0) is 62.3 Å². The fourth-order valence-corrected chi connectivity index (χ4v) is 4.99. The maximum absolute atomic E-state index is 13.2. The normalized spacial score (nSPS) is 25.3. The zero-order chi connectivity index (χ0) is 20.1. The monoisotopic (exact) mass is 391 g/mol. The van der Waals surface area contributed by atoms with E-state index in [-0.39, 0.29) is 11.9 Å². The van der Waals surface area contributed by atoms with E-state index in [1.807, 2.05) is 24.3 Å². The highest BCUT2D eigenvalue weighted by atomic mass is 16.5. The molecule has 153 valence electrons. The van der Waals surface area contributed by atoms with E-state index in [1.165, 1.54) is 31.2 Å². The third kappa shape index (κ3) is 4.64. The van der Waals surface area contributed by atoms with Crippen molar-refractivity contribution in [2.24, 2.45) is 0 Å². The lowest BCUT2D eigenvalue weighted by Crippen LogP contribution is -2.54. The minimum absolute atomic E-state index is 0.0894. The van der Waals surface area contributed by atoms with E-state index >= 15 is 0 Å². The first kappa shape index (κ1) is 20.0. The number of methoxy groups -OCH3 is 1. The Bertz CT molecular complexity index is 807. The minimum Gasteiger partial charge on any atom is -0.497 e. The second-order valence-corrected chi connectivity index (χ2v) is 8.16. The van der Waals surface area contributed by atoms with Crippen LogP contribution in [0.4, 0.5) is 5.69 Å². The van der Waals surface area contributed by atoms with E-state index in [2.05, 4.69) is 47.0 Å². The molecule has 2 fully saturated rings. The Morgan fingerprint density at radius 1 is 1.07 bits per heavy atom. The van der Waals surface area contributed by atoms with Crippen molar-refractivity contribution >= 4 is 11.6 Å². The number of carbonyl (C=O) groups excluding carboxylic acids is 1. The van der Waals surface area contributed by atoms with Gasteiger partial charge in [0.25, 0.3) is 0 Å². The molecule has 4 heteroatoms. The van der Waals surface area contributed by atoms with Crippen molar-refractivity contribution in [1.82, 2.24) is 4.90 Å². The van der Waals surface area contributed by atoms with Gasteiger partial charge in [0.1, 0.15) is 5.75 Å². The van der Waals surface area contributed by atoms with Gasteiger partial charge in [-0.25, -0.2) is 0 Å². The molecule has 3 unspecified atom stereocenters. The number of carbonyl (C=O) groups is 1. The lowest BCUT2D eigenvalue weighted by molar-refractivity contribution is -0.123. The van der Waals surface area contributed by atoms with E-state index in [0.29, 0.717) is 12.0 Å². The number of ether oxygens (including phenoxy) is 1. The number of hydrogen-bond donors (Lipinski definition) is 1. The highest BCUT2D eigenvalue weighted by Gasteiger charge is 2.38. The van der Waals surface area contributed by atoms with Crippen LogP contribution in [0.3, 0.4) is 0 Å². The number of nitrogens with one attached hydrogen (secondary N) is 1. The van der Waals surface area contributed by atoms with Gasteiger partial charge >= 0.3 is 0 Å². The molecule has 1 amide bonds. The predicted molar refractivity (Wildman–Crippen MR) is 117 cm³/mol. The Morgan fingerprint density at radius 3 is 2.72 bits per heavy atom. The second-order valence-electron chi connectivity index (χ2n) is 8.16. The van der Waals surface area contributed by atoms with Gasteiger partial charge in [0.05, 0.1) is 13.2 Å². The fraction of sp³-hybridized carbons (Fsp3) is 0.440. The van der Waals surface area contributed by atoms with Gasteiger partial charge in [0.15, 0.2) is 0 Å². The third-order valence-corrected chi connectivity index (χ3v) is 6.40. The molecule has 4 nitrogen and oxygen atoms in total. The number of anilines is 1. The molecule has 2 aromatic carbocycles. The van der Waals surface area contributed by atoms with E-state index in [9.17, 15) is 4.79 Å². The molecule has 2 aliphatic rings. The van der Waals surface area contributed by atoms with Crippen LogP contribution in [-0.2, 0) is 4.79 Å². The van der Waals surface area contributed by atoms with Gasteiger partial charge in [-0.2, -0.15) is 0 Å². The molecule has 1 N–H and O–H groups in total. The van der Waals surface area contributed by atoms with Gasteiger partial charge in [0.2, 0.25) is 5.91 Å². The molecule has 1 radical (unpaired) electrons. The average molecular weight is 392 g/mol. The molecule has 1 heterocycles. The maximum atomic E-state index is 13.2. The van der Waals surface area contributed by atoms with Crippen LogP contribution in [0.25, 0.3) is 0 Å². The summed E-state index contributed by atoms with van der Waals surface area (Å²) in [6, 6.07) is 18.8. The Kier molecular flexibility index (Phi) is 6.50. The van der Waals surface area contributed by atoms with Crippen molar-refractivity contribution in [2.75, 3.05) is 19.0 Å². The lowest BCUT2D eigenvalue weighted by atomic mass is 9.78. The summed E-state index contributed by atoms with van der Waals surface area (Å²) in [7, 11) is 1.64. The SMILES string of the molecule is COc1cccc(NC(=O)C2C[CH]CCN2C2CCCCC2c2ccccc2)c1. The molecule has 1 aliphatic carbocycles. The first-order valence-corrected chi connectivity index (χ1v) is 10.8. The zero-order valence-corrected chi connectivity index (χ0v) is 17.2. The Balaban J connectivity index is 1.53. The van der Waals surface area contributed by atoms with Gasteiger partial charge in [-0.1, -0.05) is 49.2 Å². The van der Waals surface area contributed by atoms with Gasteiger partial charge < -0.3 is 10.1 Å². The summed E-state index contributed by atoms with van der Waals surface area (Å²) in [5.74, 6) is 1.35. The lowest BCUT2D eigenvalue weighted by Gasteiger charge is -2.45. The zero-order valence-electron chi connectivity index (χ0n) is 17.2. The van der Waals surface area contributed by atoms with Crippen LogP contribution >= 0.6 is 0 Å². The number of benzene rings is 2. The highest BCUT2D eigenvalue weighted by molar-refractivity contribution is 5.95. The van der Waals surface area contributed by atoms with E-state index < -0.39 is 0 Å². The van der Waals surface area contributed by atoms with Crippen molar-refractivity contribution in [3.05, 3.63) is 66.6 Å². The molecule has 1 saturated carbocycles. The van der Waals surface area contributed by atoms with Crippen molar-refractivity contribution in [1.29, 1.82) is 0 Å². The van der Waals surface area contributed by atoms with Crippen LogP contribution in [0, 0.1) is 6.42 Å². The van der Waals surface area contributed by atoms with Crippen LogP contribution in [0.2, 0.25) is 0 Å². The van der Waals surface area contributed by atoms with Crippen LogP contribution in [0.15, 0.2) is 54.6 Å². The van der Waals surface area contributed by atoms with Crippen LogP contribution in [0.5, 0.6) is 5.75 Å². The van der Waals surface area contributed by atoms with Crippen LogP contribution in [0.1, 0.15) is 50.0 Å². The first-order valence-electron chi connectivity index (χ1n) is 10.8. The molecule has 3 atom stereocenters. The number of nitrogens with zero attached hydrogens (tertiary/aromatic N) is 1. The molecule has 29 heavy (non-hydrogen) atoms. The Hall–Kier alpha value is -2.33. The first-order chi connectivity index (χ1) is 14.3. The van der Waals surface area contributed by atoms with Crippen molar-refractivity contribution in [3.8, 4) is 5.75 Å². The van der Waals surface area contributed by atoms with Gasteiger partial charge in [-0.15, -0.1) is 0 Å². The Morgan fingerprint density at radius 2 is 1.90 bits per heavy atom. The maximum Gasteiger partial charge on any atom is 0.241 e. The van der Waals surface area contributed by atoms with E-state index in [1.54, 1.807) is 7.11 Å². The summed E-state index contributed by atoms with van der Waals surface area (Å²) in [6.07, 6.45) is 9.04. The molecular formula is C25H31N2O2. The molecule has 4 rings (SSSR count). The molecule has 1 aliphatic heterocycles. The number of likely N-dealkylation sites (tertiary alicyclic amines) is 1. The van der Waals surface area contributed by atoms with Crippen molar-refractivity contribution < 1.29 is 9.53 Å². The van der Waals surface area contributed by atoms with Crippen LogP contribution in [-0.4, -0.2) is 36.5 Å². The quantitative estimate of drug-likeness (QED) is 0.777. The highest BCUT2D eigenvalue weighted by Crippen LogP contribution is 2.38.